The molecule has 4 rings (SSSR count). The lowest BCUT2D eigenvalue weighted by molar-refractivity contribution is 0.102. The van der Waals surface area contributed by atoms with Crippen LogP contribution in [0.15, 0.2) is 71.6 Å². The summed E-state index contributed by atoms with van der Waals surface area (Å²) in [5, 5.41) is 3.16. The average Bonchev–Trinajstić information content (AvgIpc) is 3.15. The first-order valence-electron chi connectivity index (χ1n) is 9.30. The summed E-state index contributed by atoms with van der Waals surface area (Å²) in [6.45, 7) is 1.88. The van der Waals surface area contributed by atoms with E-state index in [2.05, 4.69) is 15.0 Å². The fourth-order valence-electron chi connectivity index (χ4n) is 2.94. The number of rotatable bonds is 6. The third kappa shape index (κ3) is 4.52. The lowest BCUT2D eigenvalue weighted by Crippen LogP contribution is -2.18. The molecule has 3 aromatic carbocycles. The maximum atomic E-state index is 12.9. The van der Waals surface area contributed by atoms with Crippen molar-refractivity contribution >= 4 is 48.3 Å². The van der Waals surface area contributed by atoms with E-state index in [1.165, 1.54) is 23.5 Å². The van der Waals surface area contributed by atoms with Crippen LogP contribution in [0, 0.1) is 6.92 Å². The number of thiazole rings is 1. The van der Waals surface area contributed by atoms with Gasteiger partial charge in [-0.1, -0.05) is 41.2 Å². The molecule has 0 bridgehead atoms. The number of fused-ring (bicyclic) bond motifs is 1. The van der Waals surface area contributed by atoms with Crippen molar-refractivity contribution in [3.05, 3.63) is 77.9 Å². The molecule has 0 aliphatic rings. The number of hydrogen-bond donors (Lipinski definition) is 2. The summed E-state index contributed by atoms with van der Waals surface area (Å²) in [5.74, 6) is 0.234. The molecule has 4 aromatic rings. The number of aryl methyl sites for hydroxylation is 1. The number of anilines is 2. The van der Waals surface area contributed by atoms with Crippen LogP contribution in [0.2, 0.25) is 0 Å². The van der Waals surface area contributed by atoms with Crippen LogP contribution in [0.25, 0.3) is 10.2 Å². The van der Waals surface area contributed by atoms with Gasteiger partial charge in [-0.2, -0.15) is 0 Å². The third-order valence-electron chi connectivity index (χ3n) is 4.56. The van der Waals surface area contributed by atoms with Gasteiger partial charge in [0.05, 0.1) is 33.5 Å². The summed E-state index contributed by atoms with van der Waals surface area (Å²) in [6, 6.07) is 18.4. The summed E-state index contributed by atoms with van der Waals surface area (Å²) < 4.78 is 34.1. The minimum Gasteiger partial charge on any atom is -0.497 e. The van der Waals surface area contributed by atoms with E-state index >= 15 is 0 Å². The highest BCUT2D eigenvalue weighted by Gasteiger charge is 2.19. The SMILES string of the molecule is COc1ccc2nc(NC(=O)c3ccccc3NS(=O)(=O)c3ccc(C)cc3)sc2c1. The summed E-state index contributed by atoms with van der Waals surface area (Å²) in [4.78, 5) is 17.4. The number of nitrogens with one attached hydrogen (secondary N) is 2. The van der Waals surface area contributed by atoms with E-state index in [1.54, 1.807) is 49.6 Å². The number of carbonyl (C=O) groups is 1. The number of ether oxygens (including phenoxy) is 1. The number of sulfonamides is 1. The van der Waals surface area contributed by atoms with E-state index in [-0.39, 0.29) is 16.1 Å². The van der Waals surface area contributed by atoms with Gasteiger partial charge >= 0.3 is 0 Å². The molecular formula is C22H19N3O4S2. The molecule has 0 radical (unpaired) electrons. The molecule has 9 heteroatoms. The molecule has 7 nitrogen and oxygen atoms in total. The molecule has 0 atom stereocenters. The predicted molar refractivity (Wildman–Crippen MR) is 123 cm³/mol. The van der Waals surface area contributed by atoms with Gasteiger partial charge in [0, 0.05) is 0 Å². The van der Waals surface area contributed by atoms with Crippen LogP contribution in [0.3, 0.4) is 0 Å². The van der Waals surface area contributed by atoms with Crippen LogP contribution in [-0.4, -0.2) is 26.4 Å². The molecule has 0 fully saturated rings. The van der Waals surface area contributed by atoms with Gasteiger partial charge in [0.25, 0.3) is 15.9 Å². The van der Waals surface area contributed by atoms with Gasteiger partial charge in [0.2, 0.25) is 0 Å². The highest BCUT2D eigenvalue weighted by Crippen LogP contribution is 2.30. The Hall–Kier alpha value is -3.43. The van der Waals surface area contributed by atoms with Crippen molar-refractivity contribution in [3.8, 4) is 5.75 Å². The number of carbonyl (C=O) groups excluding carboxylic acids is 1. The van der Waals surface area contributed by atoms with E-state index in [0.29, 0.717) is 10.9 Å². The zero-order valence-electron chi connectivity index (χ0n) is 16.7. The molecule has 1 aromatic heterocycles. The van der Waals surface area contributed by atoms with Crippen molar-refractivity contribution in [2.45, 2.75) is 11.8 Å². The first-order chi connectivity index (χ1) is 14.9. The standard InChI is InChI=1S/C22H19N3O4S2/c1-14-7-10-16(11-8-14)31(27,28)25-18-6-4-3-5-17(18)21(26)24-22-23-19-12-9-15(29-2)13-20(19)30-22/h3-13,25H,1-2H3,(H,23,24,26). The van der Waals surface area contributed by atoms with Crippen molar-refractivity contribution in [2.24, 2.45) is 0 Å². The number of methoxy groups -OCH3 is 1. The van der Waals surface area contributed by atoms with Crippen LogP contribution in [0.4, 0.5) is 10.8 Å². The van der Waals surface area contributed by atoms with E-state index in [0.717, 1.165) is 15.8 Å². The monoisotopic (exact) mass is 453 g/mol. The number of hydrogen-bond acceptors (Lipinski definition) is 6. The summed E-state index contributed by atoms with van der Waals surface area (Å²) in [6.07, 6.45) is 0. The third-order valence-corrected chi connectivity index (χ3v) is 6.88. The van der Waals surface area contributed by atoms with Crippen LogP contribution in [-0.2, 0) is 10.0 Å². The van der Waals surface area contributed by atoms with E-state index in [4.69, 9.17) is 4.74 Å². The van der Waals surface area contributed by atoms with Crippen molar-refractivity contribution < 1.29 is 17.9 Å². The number of nitrogens with zero attached hydrogens (tertiary/aromatic N) is 1. The van der Waals surface area contributed by atoms with Crippen molar-refractivity contribution in [3.63, 3.8) is 0 Å². The Morgan fingerprint density at radius 3 is 2.52 bits per heavy atom. The largest absolute Gasteiger partial charge is 0.497 e. The molecule has 0 unspecified atom stereocenters. The molecule has 1 amide bonds. The second kappa shape index (κ2) is 8.37. The van der Waals surface area contributed by atoms with E-state index < -0.39 is 15.9 Å². The molecule has 31 heavy (non-hydrogen) atoms. The fourth-order valence-corrected chi connectivity index (χ4v) is 4.91. The van der Waals surface area contributed by atoms with Crippen molar-refractivity contribution in [1.82, 2.24) is 4.98 Å². The lowest BCUT2D eigenvalue weighted by Gasteiger charge is -2.12. The molecule has 0 saturated carbocycles. The quantitative estimate of drug-likeness (QED) is 0.442. The maximum absolute atomic E-state index is 12.9. The zero-order valence-corrected chi connectivity index (χ0v) is 18.4. The van der Waals surface area contributed by atoms with Crippen LogP contribution in [0.5, 0.6) is 5.75 Å². The van der Waals surface area contributed by atoms with Crippen molar-refractivity contribution in [2.75, 3.05) is 17.1 Å². The van der Waals surface area contributed by atoms with Gasteiger partial charge in [-0.15, -0.1) is 0 Å². The van der Waals surface area contributed by atoms with E-state index in [1.807, 2.05) is 19.1 Å². The second-order valence-corrected chi connectivity index (χ2v) is 9.48. The normalized spacial score (nSPS) is 11.3. The Morgan fingerprint density at radius 1 is 1.03 bits per heavy atom. The van der Waals surface area contributed by atoms with Crippen LogP contribution >= 0.6 is 11.3 Å². The van der Waals surface area contributed by atoms with Gasteiger partial charge < -0.3 is 4.74 Å². The topological polar surface area (TPSA) is 97.4 Å². The highest BCUT2D eigenvalue weighted by atomic mass is 32.2. The second-order valence-electron chi connectivity index (χ2n) is 6.77. The van der Waals surface area contributed by atoms with Crippen LogP contribution < -0.4 is 14.8 Å². The first-order valence-corrected chi connectivity index (χ1v) is 11.6. The molecule has 0 aliphatic carbocycles. The number of amides is 1. The molecule has 158 valence electrons. The predicted octanol–water partition coefficient (Wildman–Crippen LogP) is 4.67. The van der Waals surface area contributed by atoms with Gasteiger partial charge in [-0.3, -0.25) is 14.8 Å². The molecule has 0 saturated heterocycles. The minimum absolute atomic E-state index is 0.119. The first kappa shape index (κ1) is 20.8. The number of para-hydroxylation sites is 1. The lowest BCUT2D eigenvalue weighted by atomic mass is 10.2. The zero-order chi connectivity index (χ0) is 22.0. The molecular weight excluding hydrogens is 434 g/mol. The molecule has 2 N–H and O–H groups in total. The average molecular weight is 454 g/mol. The van der Waals surface area contributed by atoms with Gasteiger partial charge in [-0.25, -0.2) is 13.4 Å². The smallest absolute Gasteiger partial charge is 0.261 e. The number of aromatic nitrogens is 1. The van der Waals surface area contributed by atoms with Gasteiger partial charge in [-0.05, 0) is 49.4 Å². The molecule has 0 aliphatic heterocycles. The Morgan fingerprint density at radius 2 is 1.77 bits per heavy atom. The van der Waals surface area contributed by atoms with Crippen LogP contribution in [0.1, 0.15) is 15.9 Å². The Kier molecular flexibility index (Phi) is 5.62. The summed E-state index contributed by atoms with van der Waals surface area (Å²) in [7, 11) is -2.26. The summed E-state index contributed by atoms with van der Waals surface area (Å²) in [5.41, 5.74) is 2.06. The fraction of sp³-hybridized carbons (Fsp3) is 0.0909. The molecule has 0 spiro atoms. The Balaban J connectivity index is 1.59. The Labute approximate surface area is 183 Å². The van der Waals surface area contributed by atoms with E-state index in [9.17, 15) is 13.2 Å². The highest BCUT2D eigenvalue weighted by molar-refractivity contribution is 7.92. The Bertz CT molecular complexity index is 1360. The van der Waals surface area contributed by atoms with Gasteiger partial charge in [0.15, 0.2) is 5.13 Å². The van der Waals surface area contributed by atoms with Crippen molar-refractivity contribution in [1.29, 1.82) is 0 Å². The molecule has 1 heterocycles. The van der Waals surface area contributed by atoms with Gasteiger partial charge in [0.1, 0.15) is 5.75 Å². The number of benzene rings is 3. The minimum atomic E-state index is -3.84. The maximum Gasteiger partial charge on any atom is 0.261 e. The summed E-state index contributed by atoms with van der Waals surface area (Å²) >= 11 is 1.31.